The molecule has 0 aromatic carbocycles. The van der Waals surface area contributed by atoms with Gasteiger partial charge in [0.15, 0.2) is 5.82 Å². The van der Waals surface area contributed by atoms with E-state index in [0.717, 1.165) is 6.20 Å². The number of hydrogen-bond acceptors (Lipinski definition) is 4. The highest BCUT2D eigenvalue weighted by atomic mass is 35.5. The fraction of sp³-hybridized carbons (Fsp3) is 0.263. The summed E-state index contributed by atoms with van der Waals surface area (Å²) in [5, 5.41) is 4.45. The van der Waals surface area contributed by atoms with Crippen molar-refractivity contribution in [2.75, 3.05) is 7.05 Å². The zero-order chi connectivity index (χ0) is 20.0. The van der Waals surface area contributed by atoms with Crippen LogP contribution in [0.25, 0.3) is 33.5 Å². The number of aromatic nitrogens is 5. The number of nitrogens with zero attached hydrogens (tertiary/aromatic N) is 4. The number of carbonyl (C=O) groups excluding carboxylic acids is 1. The molecule has 0 aliphatic rings. The van der Waals surface area contributed by atoms with E-state index in [9.17, 15) is 9.18 Å². The van der Waals surface area contributed by atoms with Gasteiger partial charge in [0.2, 0.25) is 5.91 Å². The Morgan fingerprint density at radius 2 is 2.07 bits per heavy atom. The predicted molar refractivity (Wildman–Crippen MR) is 106 cm³/mol. The quantitative estimate of drug-likeness (QED) is 0.546. The lowest BCUT2D eigenvalue weighted by Gasteiger charge is -2.20. The third-order valence-corrected chi connectivity index (χ3v) is 5.39. The van der Waals surface area contributed by atoms with Crippen LogP contribution in [0.1, 0.15) is 19.9 Å². The van der Waals surface area contributed by atoms with E-state index in [4.69, 9.17) is 11.6 Å². The Morgan fingerprint density at radius 3 is 2.82 bits per heavy atom. The van der Waals surface area contributed by atoms with Gasteiger partial charge in [-0.05, 0) is 13.0 Å². The van der Waals surface area contributed by atoms with Crippen LogP contribution in [0.15, 0.2) is 30.9 Å². The summed E-state index contributed by atoms with van der Waals surface area (Å²) in [6, 6.07) is 1.21. The van der Waals surface area contributed by atoms with Gasteiger partial charge in [0, 0.05) is 42.6 Å². The van der Waals surface area contributed by atoms with Gasteiger partial charge in [0.25, 0.3) is 0 Å². The van der Waals surface area contributed by atoms with Crippen LogP contribution in [0.5, 0.6) is 0 Å². The van der Waals surface area contributed by atoms with Crippen molar-refractivity contribution in [1.29, 1.82) is 0 Å². The summed E-state index contributed by atoms with van der Waals surface area (Å²) in [7, 11) is 1.61. The molecule has 9 heteroatoms. The summed E-state index contributed by atoms with van der Waals surface area (Å²) >= 11 is 6.37. The lowest BCUT2D eigenvalue weighted by Crippen LogP contribution is -2.30. The Hall–Kier alpha value is -3.00. The van der Waals surface area contributed by atoms with Crippen molar-refractivity contribution in [1.82, 2.24) is 29.8 Å². The first-order chi connectivity index (χ1) is 13.4. The smallest absolute Gasteiger partial charge is 0.224 e. The molecule has 4 rings (SSSR count). The third-order valence-electron chi connectivity index (χ3n) is 5.08. The first kappa shape index (κ1) is 18.4. The van der Waals surface area contributed by atoms with Gasteiger partial charge in [-0.2, -0.15) is 0 Å². The SMILES string of the molecule is CNC(=O)[C@@H](C)[C@H](C)n1cc(Cl)c2cnc(-c3c[nH]c4ncc(F)cc34)nc21. The second-order valence-electron chi connectivity index (χ2n) is 6.71. The number of hydrogen-bond donors (Lipinski definition) is 2. The molecule has 0 saturated heterocycles. The second-order valence-corrected chi connectivity index (χ2v) is 7.12. The molecule has 0 spiro atoms. The minimum absolute atomic E-state index is 0.0714. The number of carbonyl (C=O) groups is 1. The molecular weight excluding hydrogens is 383 g/mol. The maximum atomic E-state index is 13.7. The highest BCUT2D eigenvalue weighted by Gasteiger charge is 2.24. The van der Waals surface area contributed by atoms with Gasteiger partial charge in [-0.15, -0.1) is 0 Å². The maximum Gasteiger partial charge on any atom is 0.224 e. The predicted octanol–water partition coefficient (Wildman–Crippen LogP) is 3.71. The Kier molecular flexibility index (Phi) is 4.50. The van der Waals surface area contributed by atoms with E-state index in [1.54, 1.807) is 25.6 Å². The van der Waals surface area contributed by atoms with E-state index < -0.39 is 5.82 Å². The molecule has 0 aliphatic carbocycles. The topological polar surface area (TPSA) is 88.5 Å². The van der Waals surface area contributed by atoms with E-state index in [0.29, 0.717) is 38.5 Å². The Bertz CT molecular complexity index is 1200. The molecule has 2 N–H and O–H groups in total. The molecule has 0 aliphatic heterocycles. The van der Waals surface area contributed by atoms with E-state index >= 15 is 0 Å². The van der Waals surface area contributed by atoms with Crippen LogP contribution in [0.3, 0.4) is 0 Å². The van der Waals surface area contributed by atoms with Crippen molar-refractivity contribution < 1.29 is 9.18 Å². The molecule has 7 nitrogen and oxygen atoms in total. The van der Waals surface area contributed by atoms with Gasteiger partial charge in [-0.1, -0.05) is 18.5 Å². The highest BCUT2D eigenvalue weighted by molar-refractivity contribution is 6.35. The summed E-state index contributed by atoms with van der Waals surface area (Å²) < 4.78 is 15.5. The standard InChI is InChI=1S/C19H18ClFN6O/c1-9(19(28)22-3)10(2)27-8-15(20)14-7-25-17(26-18(14)27)13-6-24-16-12(13)4-11(21)5-23-16/h4-10H,1-3H3,(H,22,28)(H,23,24)/t9-,10-/m0/s1. The van der Waals surface area contributed by atoms with E-state index in [-0.39, 0.29) is 17.9 Å². The molecule has 2 atom stereocenters. The third kappa shape index (κ3) is 2.90. The van der Waals surface area contributed by atoms with Crippen LogP contribution >= 0.6 is 11.6 Å². The lowest BCUT2D eigenvalue weighted by molar-refractivity contribution is -0.125. The minimum atomic E-state index is -0.436. The van der Waals surface area contributed by atoms with Crippen molar-refractivity contribution in [3.63, 3.8) is 0 Å². The molecule has 0 fully saturated rings. The van der Waals surface area contributed by atoms with Gasteiger partial charge < -0.3 is 14.9 Å². The van der Waals surface area contributed by atoms with Crippen molar-refractivity contribution in [2.45, 2.75) is 19.9 Å². The summed E-state index contributed by atoms with van der Waals surface area (Å²) in [4.78, 5) is 28.2. The Balaban J connectivity index is 1.86. The minimum Gasteiger partial charge on any atom is -0.359 e. The van der Waals surface area contributed by atoms with Gasteiger partial charge >= 0.3 is 0 Å². The monoisotopic (exact) mass is 400 g/mol. The number of halogens is 2. The largest absolute Gasteiger partial charge is 0.359 e. The molecule has 0 unspecified atom stereocenters. The number of H-pyrrole nitrogens is 1. The van der Waals surface area contributed by atoms with Crippen LogP contribution in [0.2, 0.25) is 5.02 Å². The highest BCUT2D eigenvalue weighted by Crippen LogP contribution is 2.32. The van der Waals surface area contributed by atoms with Crippen LogP contribution in [0.4, 0.5) is 4.39 Å². The Morgan fingerprint density at radius 1 is 1.29 bits per heavy atom. The van der Waals surface area contributed by atoms with Gasteiger partial charge in [0.05, 0.1) is 22.5 Å². The van der Waals surface area contributed by atoms with Gasteiger partial charge in [-0.25, -0.2) is 19.3 Å². The van der Waals surface area contributed by atoms with E-state index in [2.05, 4.69) is 25.3 Å². The first-order valence-corrected chi connectivity index (χ1v) is 9.16. The average molecular weight is 401 g/mol. The molecule has 1 amide bonds. The number of nitrogens with one attached hydrogen (secondary N) is 2. The zero-order valence-corrected chi connectivity index (χ0v) is 16.3. The van der Waals surface area contributed by atoms with Crippen molar-refractivity contribution in [2.24, 2.45) is 5.92 Å². The van der Waals surface area contributed by atoms with Gasteiger partial charge in [-0.3, -0.25) is 4.79 Å². The molecule has 0 radical (unpaired) electrons. The number of rotatable bonds is 4. The molecule has 0 saturated carbocycles. The van der Waals surface area contributed by atoms with Crippen molar-refractivity contribution in [3.05, 3.63) is 41.7 Å². The van der Waals surface area contributed by atoms with Crippen LogP contribution in [-0.2, 0) is 4.79 Å². The number of amides is 1. The molecule has 4 aromatic rings. The summed E-state index contributed by atoms with van der Waals surface area (Å²) in [6.07, 6.45) is 6.24. The van der Waals surface area contributed by atoms with Crippen LogP contribution in [0, 0.1) is 11.7 Å². The molecule has 4 aromatic heterocycles. The number of aromatic amines is 1. The van der Waals surface area contributed by atoms with Crippen LogP contribution < -0.4 is 5.32 Å². The van der Waals surface area contributed by atoms with Crippen molar-refractivity contribution >= 4 is 39.6 Å². The fourth-order valence-electron chi connectivity index (χ4n) is 3.28. The van der Waals surface area contributed by atoms with Crippen molar-refractivity contribution in [3.8, 4) is 11.4 Å². The fourth-order valence-corrected chi connectivity index (χ4v) is 3.52. The molecule has 144 valence electrons. The molecule has 0 bridgehead atoms. The molecular formula is C19H18ClFN6O. The second kappa shape index (κ2) is 6.87. The maximum absolute atomic E-state index is 13.7. The average Bonchev–Trinajstić information content (AvgIpc) is 3.26. The summed E-state index contributed by atoms with van der Waals surface area (Å²) in [5.74, 6) is -0.379. The van der Waals surface area contributed by atoms with Crippen LogP contribution in [-0.4, -0.2) is 37.5 Å². The van der Waals surface area contributed by atoms with E-state index in [1.165, 1.54) is 6.07 Å². The number of pyridine rings is 1. The number of fused-ring (bicyclic) bond motifs is 2. The zero-order valence-electron chi connectivity index (χ0n) is 15.5. The van der Waals surface area contributed by atoms with E-state index in [1.807, 2.05) is 18.4 Å². The summed E-state index contributed by atoms with van der Waals surface area (Å²) in [5.41, 5.74) is 1.80. The van der Waals surface area contributed by atoms with Gasteiger partial charge in [0.1, 0.15) is 17.1 Å². The Labute approximate surface area is 165 Å². The molecule has 28 heavy (non-hydrogen) atoms. The summed E-state index contributed by atoms with van der Waals surface area (Å²) in [6.45, 7) is 3.78. The molecule has 4 heterocycles. The first-order valence-electron chi connectivity index (χ1n) is 8.78. The lowest BCUT2D eigenvalue weighted by atomic mass is 10.0. The normalized spacial score (nSPS) is 13.8.